The molecule has 1 aliphatic rings. The van der Waals surface area contributed by atoms with Gasteiger partial charge in [-0.05, 0) is 79.6 Å². The van der Waals surface area contributed by atoms with E-state index in [0.29, 0.717) is 29.5 Å². The van der Waals surface area contributed by atoms with Crippen molar-refractivity contribution in [1.29, 1.82) is 0 Å². The number of hydrogen-bond acceptors (Lipinski definition) is 6. The first-order valence-electron chi connectivity index (χ1n) is 12.6. The summed E-state index contributed by atoms with van der Waals surface area (Å²) in [4.78, 5) is 36.4. The normalized spacial score (nSPS) is 13.7. The van der Waals surface area contributed by atoms with Crippen LogP contribution in [0.4, 0.5) is 4.39 Å². The molecule has 204 valence electrons. The fourth-order valence-electron chi connectivity index (χ4n) is 4.37. The van der Waals surface area contributed by atoms with Crippen LogP contribution in [-0.4, -0.2) is 17.9 Å². The summed E-state index contributed by atoms with van der Waals surface area (Å²) in [6.07, 6.45) is 0.950. The standard InChI is InChI=1S/C33H29FO6/c1-18(2)31(35)38-28-15-13-25-23(8-7-9-26(25)28)21-10-12-24(27(34)16-21)22-11-14-29(39-32(36)19(3)4)30(17-22)40-33(37)20(5)6/h7-12,14,16-17,28H,1,3,5,13,15H2,2,4,6H3. The first kappa shape index (κ1) is 28.2. The summed E-state index contributed by atoms with van der Waals surface area (Å²) in [5.41, 5.74) is 4.75. The second-order valence-electron chi connectivity index (χ2n) is 9.78. The van der Waals surface area contributed by atoms with Crippen LogP contribution in [0.25, 0.3) is 22.3 Å². The summed E-state index contributed by atoms with van der Waals surface area (Å²) in [5, 5.41) is 0. The van der Waals surface area contributed by atoms with Gasteiger partial charge in [0.15, 0.2) is 11.5 Å². The van der Waals surface area contributed by atoms with E-state index in [4.69, 9.17) is 14.2 Å². The molecule has 0 saturated carbocycles. The molecule has 1 atom stereocenters. The quantitative estimate of drug-likeness (QED) is 0.170. The highest BCUT2D eigenvalue weighted by Crippen LogP contribution is 2.41. The fraction of sp³-hybridized carbons (Fsp3) is 0.182. The molecule has 0 N–H and O–H groups in total. The maximum absolute atomic E-state index is 15.6. The Balaban J connectivity index is 1.68. The van der Waals surface area contributed by atoms with Crippen LogP contribution in [0.2, 0.25) is 0 Å². The first-order chi connectivity index (χ1) is 19.0. The maximum Gasteiger partial charge on any atom is 0.338 e. The van der Waals surface area contributed by atoms with E-state index < -0.39 is 23.7 Å². The van der Waals surface area contributed by atoms with Crippen molar-refractivity contribution in [1.82, 2.24) is 0 Å². The van der Waals surface area contributed by atoms with Gasteiger partial charge in [-0.15, -0.1) is 0 Å². The Morgan fingerprint density at radius 1 is 0.750 bits per heavy atom. The Bertz CT molecular complexity index is 1580. The van der Waals surface area contributed by atoms with Gasteiger partial charge in [-0.1, -0.05) is 56.1 Å². The lowest BCUT2D eigenvalue weighted by atomic mass is 9.94. The maximum atomic E-state index is 15.6. The molecule has 4 rings (SSSR count). The molecule has 0 bridgehead atoms. The molecular formula is C33H29FO6. The van der Waals surface area contributed by atoms with Crippen molar-refractivity contribution in [3.63, 3.8) is 0 Å². The zero-order chi connectivity index (χ0) is 29.1. The Labute approximate surface area is 232 Å². The van der Waals surface area contributed by atoms with E-state index in [2.05, 4.69) is 19.7 Å². The molecule has 6 nitrogen and oxygen atoms in total. The second kappa shape index (κ2) is 11.5. The Hall–Kier alpha value is -4.78. The molecule has 0 heterocycles. The van der Waals surface area contributed by atoms with Crippen LogP contribution in [0.5, 0.6) is 11.5 Å². The van der Waals surface area contributed by atoms with Crippen LogP contribution in [0.3, 0.4) is 0 Å². The molecule has 0 aromatic heterocycles. The Morgan fingerprint density at radius 2 is 1.35 bits per heavy atom. The number of hydrogen-bond donors (Lipinski definition) is 0. The van der Waals surface area contributed by atoms with E-state index in [-0.39, 0.29) is 34.3 Å². The molecule has 0 amide bonds. The highest BCUT2D eigenvalue weighted by Gasteiger charge is 2.28. The molecule has 1 unspecified atom stereocenters. The van der Waals surface area contributed by atoms with Crippen molar-refractivity contribution in [3.05, 3.63) is 108 Å². The predicted molar refractivity (Wildman–Crippen MR) is 150 cm³/mol. The highest BCUT2D eigenvalue weighted by molar-refractivity contribution is 5.91. The molecule has 40 heavy (non-hydrogen) atoms. The van der Waals surface area contributed by atoms with Crippen molar-refractivity contribution in [2.24, 2.45) is 0 Å². The molecule has 0 radical (unpaired) electrons. The minimum atomic E-state index is -0.717. The van der Waals surface area contributed by atoms with Crippen LogP contribution >= 0.6 is 0 Å². The number of esters is 3. The van der Waals surface area contributed by atoms with E-state index in [1.807, 2.05) is 18.2 Å². The summed E-state index contributed by atoms with van der Waals surface area (Å²) in [6.45, 7) is 15.3. The van der Waals surface area contributed by atoms with Crippen molar-refractivity contribution >= 4 is 17.9 Å². The molecule has 0 spiro atoms. The number of carbonyl (C=O) groups is 3. The molecule has 3 aromatic rings. The molecule has 7 heteroatoms. The largest absolute Gasteiger partial charge is 0.454 e. The van der Waals surface area contributed by atoms with Crippen LogP contribution in [0.15, 0.2) is 91.1 Å². The third-order valence-corrected chi connectivity index (χ3v) is 6.45. The van der Waals surface area contributed by atoms with Crippen molar-refractivity contribution in [2.45, 2.75) is 39.7 Å². The van der Waals surface area contributed by atoms with Crippen molar-refractivity contribution in [3.8, 4) is 33.8 Å². The van der Waals surface area contributed by atoms with E-state index in [0.717, 1.165) is 16.7 Å². The van der Waals surface area contributed by atoms with Crippen LogP contribution in [0, 0.1) is 5.82 Å². The van der Waals surface area contributed by atoms with Gasteiger partial charge in [-0.25, -0.2) is 18.8 Å². The van der Waals surface area contributed by atoms with Gasteiger partial charge in [0.25, 0.3) is 0 Å². The number of ether oxygens (including phenoxy) is 3. The highest BCUT2D eigenvalue weighted by atomic mass is 19.1. The fourth-order valence-corrected chi connectivity index (χ4v) is 4.37. The Kier molecular flexibility index (Phi) is 8.14. The second-order valence-corrected chi connectivity index (χ2v) is 9.78. The van der Waals surface area contributed by atoms with Crippen LogP contribution < -0.4 is 9.47 Å². The lowest BCUT2D eigenvalue weighted by Crippen LogP contribution is -2.12. The van der Waals surface area contributed by atoms with Gasteiger partial charge in [0, 0.05) is 22.3 Å². The van der Waals surface area contributed by atoms with E-state index >= 15 is 4.39 Å². The zero-order valence-electron chi connectivity index (χ0n) is 22.6. The average molecular weight is 541 g/mol. The summed E-state index contributed by atoms with van der Waals surface area (Å²) in [7, 11) is 0. The summed E-state index contributed by atoms with van der Waals surface area (Å²) >= 11 is 0. The van der Waals surface area contributed by atoms with Gasteiger partial charge >= 0.3 is 17.9 Å². The minimum Gasteiger partial charge on any atom is -0.454 e. The van der Waals surface area contributed by atoms with Gasteiger partial charge in [-0.3, -0.25) is 0 Å². The molecule has 1 aliphatic carbocycles. The van der Waals surface area contributed by atoms with Gasteiger partial charge in [0.2, 0.25) is 0 Å². The number of halogens is 1. The SMILES string of the molecule is C=C(C)C(=O)Oc1ccc(-c2ccc(-c3cccc4c3CCC4OC(=O)C(=C)C)cc2F)cc1OC(=O)C(=C)C. The third kappa shape index (κ3) is 5.94. The molecular weight excluding hydrogens is 511 g/mol. The monoisotopic (exact) mass is 540 g/mol. The van der Waals surface area contributed by atoms with E-state index in [1.54, 1.807) is 25.1 Å². The van der Waals surface area contributed by atoms with Gasteiger partial charge in [0.1, 0.15) is 11.9 Å². The number of benzene rings is 3. The van der Waals surface area contributed by atoms with E-state index in [1.165, 1.54) is 32.0 Å². The molecule has 0 aliphatic heterocycles. The van der Waals surface area contributed by atoms with Gasteiger partial charge < -0.3 is 14.2 Å². The summed E-state index contributed by atoms with van der Waals surface area (Å²) in [6, 6.07) is 15.0. The average Bonchev–Trinajstić information content (AvgIpc) is 3.32. The Morgan fingerprint density at radius 3 is 1.98 bits per heavy atom. The van der Waals surface area contributed by atoms with Crippen LogP contribution in [0.1, 0.15) is 44.4 Å². The van der Waals surface area contributed by atoms with E-state index in [9.17, 15) is 14.4 Å². The lowest BCUT2D eigenvalue weighted by molar-refractivity contribution is -0.144. The summed E-state index contributed by atoms with van der Waals surface area (Å²) < 4.78 is 31.8. The van der Waals surface area contributed by atoms with Crippen molar-refractivity contribution in [2.75, 3.05) is 0 Å². The third-order valence-electron chi connectivity index (χ3n) is 6.45. The first-order valence-corrected chi connectivity index (χ1v) is 12.6. The number of rotatable bonds is 8. The minimum absolute atomic E-state index is 0.00914. The molecule has 3 aromatic carbocycles. The van der Waals surface area contributed by atoms with Gasteiger partial charge in [0.05, 0.1) is 0 Å². The number of fused-ring (bicyclic) bond motifs is 1. The zero-order valence-corrected chi connectivity index (χ0v) is 22.6. The lowest BCUT2D eigenvalue weighted by Gasteiger charge is -2.15. The number of carbonyl (C=O) groups excluding carboxylic acids is 3. The summed E-state index contributed by atoms with van der Waals surface area (Å²) in [5.74, 6) is -2.41. The molecule has 0 saturated heterocycles. The molecule has 0 fully saturated rings. The topological polar surface area (TPSA) is 78.9 Å². The van der Waals surface area contributed by atoms with Crippen molar-refractivity contribution < 1.29 is 33.0 Å². The predicted octanol–water partition coefficient (Wildman–Crippen LogP) is 7.23. The smallest absolute Gasteiger partial charge is 0.338 e. The van der Waals surface area contributed by atoms with Crippen LogP contribution in [-0.2, 0) is 25.5 Å². The van der Waals surface area contributed by atoms with Gasteiger partial charge in [-0.2, -0.15) is 0 Å².